The first-order valence-corrected chi connectivity index (χ1v) is 11.9. The third kappa shape index (κ3) is 4.33. The Morgan fingerprint density at radius 2 is 2.07 bits per heavy atom. The van der Waals surface area contributed by atoms with E-state index >= 15 is 0 Å². The summed E-state index contributed by atoms with van der Waals surface area (Å²) in [6.45, 7) is 7.53. The summed E-state index contributed by atoms with van der Waals surface area (Å²) in [5.74, 6) is 1.72. The van der Waals surface area contributed by atoms with Crippen LogP contribution < -0.4 is 5.32 Å². The topological polar surface area (TPSA) is 67.1 Å². The molecule has 7 heteroatoms. The molecule has 2 saturated heterocycles. The number of nitrogens with one attached hydrogen (secondary N) is 1. The molecular formula is C23H29N5OS. The number of benzene rings is 1. The highest BCUT2D eigenvalue weighted by Crippen LogP contribution is 2.35. The average molecular weight is 424 g/mol. The van der Waals surface area contributed by atoms with Gasteiger partial charge >= 0.3 is 0 Å². The lowest BCUT2D eigenvalue weighted by Gasteiger charge is -2.26. The molecule has 2 fully saturated rings. The van der Waals surface area contributed by atoms with Crippen LogP contribution in [0.5, 0.6) is 0 Å². The van der Waals surface area contributed by atoms with E-state index in [1.807, 2.05) is 6.92 Å². The van der Waals surface area contributed by atoms with Gasteiger partial charge in [0.05, 0.1) is 10.7 Å². The Morgan fingerprint density at radius 1 is 1.17 bits per heavy atom. The van der Waals surface area contributed by atoms with Crippen LogP contribution in [0.1, 0.15) is 54.3 Å². The van der Waals surface area contributed by atoms with Crippen molar-refractivity contribution in [3.8, 4) is 22.2 Å². The fourth-order valence-electron chi connectivity index (χ4n) is 4.47. The minimum atomic E-state index is 0.491. The van der Waals surface area contributed by atoms with Crippen LogP contribution in [0.2, 0.25) is 0 Å². The zero-order valence-corrected chi connectivity index (χ0v) is 18.4. The number of nitrogens with zero attached hydrogens (tertiary/aromatic N) is 4. The number of hydrogen-bond acceptors (Lipinski definition) is 7. The van der Waals surface area contributed by atoms with Gasteiger partial charge in [0.25, 0.3) is 5.89 Å². The highest BCUT2D eigenvalue weighted by Gasteiger charge is 2.23. The van der Waals surface area contributed by atoms with Crippen LogP contribution in [0.25, 0.3) is 22.2 Å². The van der Waals surface area contributed by atoms with Gasteiger partial charge in [0, 0.05) is 24.6 Å². The Hall–Kier alpha value is -2.09. The molecule has 0 radical (unpaired) electrons. The van der Waals surface area contributed by atoms with Crippen molar-refractivity contribution in [2.24, 2.45) is 0 Å². The van der Waals surface area contributed by atoms with Crippen molar-refractivity contribution in [2.75, 3.05) is 26.2 Å². The fourth-order valence-corrected chi connectivity index (χ4v) is 5.59. The molecule has 4 heterocycles. The van der Waals surface area contributed by atoms with Gasteiger partial charge in [-0.25, -0.2) is 4.98 Å². The Bertz CT molecular complexity index is 985. The summed E-state index contributed by atoms with van der Waals surface area (Å²) in [4.78, 5) is 13.1. The van der Waals surface area contributed by atoms with Crippen molar-refractivity contribution in [3.63, 3.8) is 0 Å². The van der Waals surface area contributed by atoms with Gasteiger partial charge in [-0.1, -0.05) is 29.8 Å². The lowest BCUT2D eigenvalue weighted by atomic mass is 10.0. The van der Waals surface area contributed by atoms with Gasteiger partial charge in [0.2, 0.25) is 5.82 Å². The maximum absolute atomic E-state index is 5.66. The van der Waals surface area contributed by atoms with Crippen molar-refractivity contribution in [3.05, 3.63) is 40.5 Å². The fraction of sp³-hybridized carbons (Fsp3) is 0.522. The van der Waals surface area contributed by atoms with E-state index in [4.69, 9.17) is 14.5 Å². The summed E-state index contributed by atoms with van der Waals surface area (Å²) in [6.07, 6.45) is 6.37. The predicted octanol–water partition coefficient (Wildman–Crippen LogP) is 4.62. The molecule has 0 saturated carbocycles. The zero-order chi connectivity index (χ0) is 20.3. The highest BCUT2D eigenvalue weighted by molar-refractivity contribution is 7.15. The zero-order valence-electron chi connectivity index (χ0n) is 17.6. The van der Waals surface area contributed by atoms with Crippen LogP contribution >= 0.6 is 11.3 Å². The lowest BCUT2D eigenvalue weighted by Crippen LogP contribution is -2.29. The Labute approximate surface area is 181 Å². The molecule has 30 heavy (non-hydrogen) atoms. The van der Waals surface area contributed by atoms with Crippen molar-refractivity contribution >= 4 is 11.3 Å². The molecule has 0 amide bonds. The summed E-state index contributed by atoms with van der Waals surface area (Å²) < 4.78 is 5.66. The van der Waals surface area contributed by atoms with Crippen LogP contribution in [-0.4, -0.2) is 46.2 Å². The molecule has 158 valence electrons. The normalized spacial score (nSPS) is 20.5. The largest absolute Gasteiger partial charge is 0.333 e. The number of aryl methyl sites for hydroxylation is 1. The molecule has 6 nitrogen and oxygen atoms in total. The molecule has 5 rings (SSSR count). The number of likely N-dealkylation sites (tertiary alicyclic amines) is 1. The van der Waals surface area contributed by atoms with Crippen LogP contribution in [0, 0.1) is 6.92 Å². The minimum absolute atomic E-state index is 0.491. The molecular weight excluding hydrogens is 394 g/mol. The van der Waals surface area contributed by atoms with Gasteiger partial charge in [-0.3, -0.25) is 4.90 Å². The van der Waals surface area contributed by atoms with Crippen molar-refractivity contribution in [1.29, 1.82) is 0 Å². The summed E-state index contributed by atoms with van der Waals surface area (Å²) in [5.41, 5.74) is 3.30. The summed E-state index contributed by atoms with van der Waals surface area (Å²) in [6, 6.07) is 8.54. The third-order valence-corrected chi connectivity index (χ3v) is 7.43. The van der Waals surface area contributed by atoms with E-state index in [0.717, 1.165) is 35.8 Å². The van der Waals surface area contributed by atoms with Crippen LogP contribution in [-0.2, 0) is 6.54 Å². The number of hydrogen-bond donors (Lipinski definition) is 1. The number of piperidine rings is 2. The number of thiazole rings is 1. The smallest absolute Gasteiger partial charge is 0.270 e. The van der Waals surface area contributed by atoms with E-state index in [1.54, 1.807) is 11.3 Å². The average Bonchev–Trinajstić information content (AvgIpc) is 3.42. The monoisotopic (exact) mass is 423 g/mol. The Morgan fingerprint density at radius 3 is 2.90 bits per heavy atom. The molecule has 1 N–H and O–H groups in total. The van der Waals surface area contributed by atoms with Crippen molar-refractivity contribution < 1.29 is 4.52 Å². The van der Waals surface area contributed by atoms with Crippen LogP contribution in [0.15, 0.2) is 28.8 Å². The van der Waals surface area contributed by atoms with Crippen molar-refractivity contribution in [1.82, 2.24) is 25.3 Å². The Balaban J connectivity index is 1.34. The molecule has 2 aromatic heterocycles. The van der Waals surface area contributed by atoms with Gasteiger partial charge in [0.1, 0.15) is 4.88 Å². The van der Waals surface area contributed by atoms with Gasteiger partial charge < -0.3 is 9.84 Å². The van der Waals surface area contributed by atoms with Gasteiger partial charge in [-0.15, -0.1) is 11.3 Å². The van der Waals surface area contributed by atoms with Gasteiger partial charge in [0.15, 0.2) is 0 Å². The van der Waals surface area contributed by atoms with E-state index in [0.29, 0.717) is 17.6 Å². The third-order valence-electron chi connectivity index (χ3n) is 6.12. The standard InChI is InChI=1S/C23H29N5OS/c1-16-20(30-23(25-16)19-9-6-10-24-14-19)22-26-21(27-29-22)18-8-5-7-17(13-18)15-28-11-3-2-4-12-28/h5,7-8,13,19,24H,2-4,6,9-12,14-15H2,1H3. The maximum atomic E-state index is 5.66. The van der Waals surface area contributed by atoms with E-state index in [2.05, 4.69) is 39.6 Å². The SMILES string of the molecule is Cc1nc(C2CCCNC2)sc1-c1nc(-c2cccc(CN3CCCCC3)c2)no1. The van der Waals surface area contributed by atoms with E-state index in [1.165, 1.54) is 55.8 Å². The van der Waals surface area contributed by atoms with Crippen LogP contribution in [0.3, 0.4) is 0 Å². The summed E-state index contributed by atoms with van der Waals surface area (Å²) >= 11 is 1.70. The number of aromatic nitrogens is 3. The van der Waals surface area contributed by atoms with Gasteiger partial charge in [-0.05, 0) is 63.9 Å². The molecule has 1 aromatic carbocycles. The first-order chi connectivity index (χ1) is 14.8. The lowest BCUT2D eigenvalue weighted by molar-refractivity contribution is 0.221. The molecule has 2 aliphatic heterocycles. The second-order valence-electron chi connectivity index (χ2n) is 8.47. The van der Waals surface area contributed by atoms with Crippen molar-refractivity contribution in [2.45, 2.75) is 51.5 Å². The molecule has 0 aliphatic carbocycles. The predicted molar refractivity (Wildman–Crippen MR) is 120 cm³/mol. The maximum Gasteiger partial charge on any atom is 0.270 e. The molecule has 1 atom stereocenters. The second-order valence-corrected chi connectivity index (χ2v) is 9.50. The van der Waals surface area contributed by atoms with E-state index in [9.17, 15) is 0 Å². The van der Waals surface area contributed by atoms with E-state index < -0.39 is 0 Å². The van der Waals surface area contributed by atoms with Gasteiger partial charge in [-0.2, -0.15) is 4.98 Å². The second kappa shape index (κ2) is 8.96. The summed E-state index contributed by atoms with van der Waals surface area (Å²) in [5, 5.41) is 8.93. The minimum Gasteiger partial charge on any atom is -0.333 e. The molecule has 3 aromatic rings. The summed E-state index contributed by atoms with van der Waals surface area (Å²) in [7, 11) is 0. The molecule has 2 aliphatic rings. The van der Waals surface area contributed by atoms with E-state index in [-0.39, 0.29) is 0 Å². The quantitative estimate of drug-likeness (QED) is 0.646. The molecule has 0 bridgehead atoms. The Kier molecular flexibility index (Phi) is 5.93. The highest BCUT2D eigenvalue weighted by atomic mass is 32.1. The first kappa shape index (κ1) is 19.8. The molecule has 1 unspecified atom stereocenters. The first-order valence-electron chi connectivity index (χ1n) is 11.1. The molecule has 0 spiro atoms. The van der Waals surface area contributed by atoms with Crippen LogP contribution in [0.4, 0.5) is 0 Å². The number of rotatable bonds is 5.